The van der Waals surface area contributed by atoms with Crippen LogP contribution in [0.25, 0.3) is 5.95 Å². The van der Waals surface area contributed by atoms with E-state index in [0.717, 1.165) is 12.5 Å². The van der Waals surface area contributed by atoms with Crippen LogP contribution in [-0.4, -0.2) is 37.1 Å². The van der Waals surface area contributed by atoms with Gasteiger partial charge in [0.25, 0.3) is 0 Å². The maximum atomic E-state index is 4.48. The average Bonchev–Trinajstić information content (AvgIpc) is 3.00. The van der Waals surface area contributed by atoms with Crippen molar-refractivity contribution in [1.82, 2.24) is 24.5 Å². The number of aromatic nitrogens is 5. The molecule has 0 bridgehead atoms. The fourth-order valence-corrected chi connectivity index (χ4v) is 2.44. The van der Waals surface area contributed by atoms with Gasteiger partial charge in [0.15, 0.2) is 0 Å². The van der Waals surface area contributed by atoms with Gasteiger partial charge >= 0.3 is 0 Å². The third kappa shape index (κ3) is 3.29. The first-order valence-electron chi connectivity index (χ1n) is 7.55. The van der Waals surface area contributed by atoms with E-state index in [-0.39, 0.29) is 0 Å². The highest BCUT2D eigenvalue weighted by atomic mass is 15.3. The van der Waals surface area contributed by atoms with Gasteiger partial charge in [0.2, 0.25) is 17.8 Å². The van der Waals surface area contributed by atoms with Crippen LogP contribution in [0.2, 0.25) is 0 Å². The molecule has 2 aromatic heterocycles. The summed E-state index contributed by atoms with van der Waals surface area (Å²) in [5.74, 6) is 2.55. The highest BCUT2D eigenvalue weighted by molar-refractivity contribution is 5.39. The molecule has 0 saturated heterocycles. The van der Waals surface area contributed by atoms with Crippen molar-refractivity contribution in [2.45, 2.75) is 39.2 Å². The Morgan fingerprint density at radius 3 is 2.81 bits per heavy atom. The summed E-state index contributed by atoms with van der Waals surface area (Å²) in [6.45, 7) is 5.01. The van der Waals surface area contributed by atoms with Gasteiger partial charge in [0.05, 0.1) is 0 Å². The minimum Gasteiger partial charge on any atom is -0.354 e. The van der Waals surface area contributed by atoms with Crippen molar-refractivity contribution in [2.24, 2.45) is 5.92 Å². The summed E-state index contributed by atoms with van der Waals surface area (Å²) in [5, 5.41) is 6.56. The quantitative estimate of drug-likeness (QED) is 0.811. The lowest BCUT2D eigenvalue weighted by Crippen LogP contribution is -2.14. The first-order valence-corrected chi connectivity index (χ1v) is 7.55. The largest absolute Gasteiger partial charge is 0.354 e. The molecule has 2 heterocycles. The van der Waals surface area contributed by atoms with Gasteiger partial charge in [0, 0.05) is 25.0 Å². The molecule has 2 atom stereocenters. The number of nitrogens with zero attached hydrogens (tertiary/aromatic N) is 5. The molecule has 2 N–H and O–H groups in total. The molecule has 0 amide bonds. The van der Waals surface area contributed by atoms with Crippen LogP contribution in [0.4, 0.5) is 11.9 Å². The zero-order chi connectivity index (χ0) is 14.7. The van der Waals surface area contributed by atoms with Crippen LogP contribution >= 0.6 is 0 Å². The van der Waals surface area contributed by atoms with Crippen molar-refractivity contribution in [1.29, 1.82) is 0 Å². The SMILES string of the molecule is CCCC1CC1Nc1nc(NCC)nc(-n2ccnc2)n1. The first kappa shape index (κ1) is 13.8. The Labute approximate surface area is 124 Å². The molecule has 0 aromatic carbocycles. The predicted octanol–water partition coefficient (Wildman–Crippen LogP) is 2.09. The molecular formula is C14H21N7. The summed E-state index contributed by atoms with van der Waals surface area (Å²) in [5.41, 5.74) is 0. The van der Waals surface area contributed by atoms with Gasteiger partial charge < -0.3 is 10.6 Å². The van der Waals surface area contributed by atoms with Crippen molar-refractivity contribution >= 4 is 11.9 Å². The third-order valence-corrected chi connectivity index (χ3v) is 3.59. The number of nitrogens with one attached hydrogen (secondary N) is 2. The topological polar surface area (TPSA) is 80.5 Å². The normalized spacial score (nSPS) is 20.3. The van der Waals surface area contributed by atoms with E-state index in [0.29, 0.717) is 23.9 Å². The van der Waals surface area contributed by atoms with Gasteiger partial charge in [-0.1, -0.05) is 13.3 Å². The summed E-state index contributed by atoms with van der Waals surface area (Å²) in [6.07, 6.45) is 8.91. The zero-order valence-corrected chi connectivity index (χ0v) is 12.5. The molecule has 0 radical (unpaired) electrons. The van der Waals surface area contributed by atoms with E-state index in [2.05, 4.69) is 37.5 Å². The van der Waals surface area contributed by atoms with Crippen LogP contribution in [0.5, 0.6) is 0 Å². The van der Waals surface area contributed by atoms with Crippen LogP contribution < -0.4 is 10.6 Å². The standard InChI is InChI=1S/C14H21N7/c1-3-5-10-8-11(10)17-13-18-12(16-4-2)19-14(20-13)21-7-6-15-9-21/h6-7,9-11H,3-5,8H2,1-2H3,(H2,16,17,18,19,20). The molecule has 2 unspecified atom stereocenters. The van der Waals surface area contributed by atoms with E-state index in [1.54, 1.807) is 17.1 Å². The van der Waals surface area contributed by atoms with Gasteiger partial charge in [-0.05, 0) is 25.7 Å². The average molecular weight is 287 g/mol. The number of rotatable bonds is 7. The Morgan fingerprint density at radius 1 is 1.24 bits per heavy atom. The molecule has 1 aliphatic rings. The molecule has 1 aliphatic carbocycles. The first-order chi connectivity index (χ1) is 10.3. The zero-order valence-electron chi connectivity index (χ0n) is 12.5. The molecule has 1 fully saturated rings. The Bertz CT molecular complexity index is 581. The van der Waals surface area contributed by atoms with Crippen LogP contribution in [0.1, 0.15) is 33.1 Å². The van der Waals surface area contributed by atoms with Gasteiger partial charge in [-0.2, -0.15) is 15.0 Å². The van der Waals surface area contributed by atoms with E-state index in [1.807, 2.05) is 13.1 Å². The lowest BCUT2D eigenvalue weighted by molar-refractivity contribution is 0.690. The highest BCUT2D eigenvalue weighted by Crippen LogP contribution is 2.36. The maximum absolute atomic E-state index is 4.48. The van der Waals surface area contributed by atoms with Crippen molar-refractivity contribution in [3.05, 3.63) is 18.7 Å². The molecule has 0 aliphatic heterocycles. The molecule has 21 heavy (non-hydrogen) atoms. The third-order valence-electron chi connectivity index (χ3n) is 3.59. The van der Waals surface area contributed by atoms with Crippen LogP contribution in [0.3, 0.4) is 0 Å². The molecule has 112 valence electrons. The monoisotopic (exact) mass is 287 g/mol. The van der Waals surface area contributed by atoms with Crippen LogP contribution in [0, 0.1) is 5.92 Å². The number of anilines is 2. The van der Waals surface area contributed by atoms with Crippen LogP contribution in [-0.2, 0) is 0 Å². The Hall–Kier alpha value is -2.18. The van der Waals surface area contributed by atoms with E-state index in [9.17, 15) is 0 Å². The van der Waals surface area contributed by atoms with Crippen molar-refractivity contribution < 1.29 is 0 Å². The number of hydrogen-bond acceptors (Lipinski definition) is 6. The van der Waals surface area contributed by atoms with Gasteiger partial charge in [-0.3, -0.25) is 4.57 Å². The molecule has 1 saturated carbocycles. The second-order valence-corrected chi connectivity index (χ2v) is 5.32. The van der Waals surface area contributed by atoms with E-state index >= 15 is 0 Å². The fourth-order valence-electron chi connectivity index (χ4n) is 2.44. The second kappa shape index (κ2) is 6.07. The molecule has 3 rings (SSSR count). The molecule has 0 spiro atoms. The van der Waals surface area contributed by atoms with Gasteiger partial charge in [-0.25, -0.2) is 4.98 Å². The Morgan fingerprint density at radius 2 is 2.10 bits per heavy atom. The van der Waals surface area contributed by atoms with Crippen molar-refractivity contribution in [2.75, 3.05) is 17.2 Å². The second-order valence-electron chi connectivity index (χ2n) is 5.32. The molecule has 7 nitrogen and oxygen atoms in total. The van der Waals surface area contributed by atoms with Crippen LogP contribution in [0.15, 0.2) is 18.7 Å². The van der Waals surface area contributed by atoms with Crippen molar-refractivity contribution in [3.8, 4) is 5.95 Å². The van der Waals surface area contributed by atoms with Crippen molar-refractivity contribution in [3.63, 3.8) is 0 Å². The van der Waals surface area contributed by atoms with E-state index in [4.69, 9.17) is 0 Å². The molecule has 7 heteroatoms. The summed E-state index contributed by atoms with van der Waals surface area (Å²) in [4.78, 5) is 17.3. The minimum atomic E-state index is 0.498. The lowest BCUT2D eigenvalue weighted by atomic mass is 10.2. The fraction of sp³-hybridized carbons (Fsp3) is 0.571. The van der Waals surface area contributed by atoms with E-state index < -0.39 is 0 Å². The Balaban J connectivity index is 1.79. The highest BCUT2D eigenvalue weighted by Gasteiger charge is 2.36. The van der Waals surface area contributed by atoms with E-state index in [1.165, 1.54) is 19.3 Å². The summed E-state index contributed by atoms with van der Waals surface area (Å²) in [7, 11) is 0. The lowest BCUT2D eigenvalue weighted by Gasteiger charge is -2.09. The Kier molecular flexibility index (Phi) is 3.98. The van der Waals surface area contributed by atoms with Gasteiger partial charge in [0.1, 0.15) is 6.33 Å². The summed E-state index contributed by atoms with van der Waals surface area (Å²) >= 11 is 0. The minimum absolute atomic E-state index is 0.498. The predicted molar refractivity (Wildman–Crippen MR) is 81.5 cm³/mol. The number of imidazole rings is 1. The number of hydrogen-bond donors (Lipinski definition) is 2. The summed E-state index contributed by atoms with van der Waals surface area (Å²) in [6, 6.07) is 0.498. The van der Waals surface area contributed by atoms with Gasteiger partial charge in [-0.15, -0.1) is 0 Å². The molecule has 2 aromatic rings. The molecular weight excluding hydrogens is 266 g/mol. The maximum Gasteiger partial charge on any atom is 0.241 e. The smallest absolute Gasteiger partial charge is 0.241 e. The summed E-state index contributed by atoms with van der Waals surface area (Å²) < 4.78 is 1.78.